The van der Waals surface area contributed by atoms with Crippen LogP contribution in [0.2, 0.25) is 0 Å². The van der Waals surface area contributed by atoms with Crippen molar-refractivity contribution in [3.8, 4) is 0 Å². The Labute approximate surface area is 101 Å². The van der Waals surface area contributed by atoms with Gasteiger partial charge in [0.1, 0.15) is 5.82 Å². The van der Waals surface area contributed by atoms with Crippen molar-refractivity contribution < 1.29 is 0 Å². The maximum absolute atomic E-state index is 4.60. The molecule has 1 aliphatic rings. The van der Waals surface area contributed by atoms with Crippen molar-refractivity contribution in [2.75, 3.05) is 26.2 Å². The molecule has 88 valence electrons. The van der Waals surface area contributed by atoms with E-state index >= 15 is 0 Å². The lowest BCUT2D eigenvalue weighted by Gasteiger charge is -2.26. The molecule has 1 aliphatic heterocycles. The second kappa shape index (κ2) is 4.77. The van der Waals surface area contributed by atoms with Crippen molar-refractivity contribution in [1.82, 2.24) is 20.2 Å². The molecule has 2 heterocycles. The lowest BCUT2D eigenvalue weighted by atomic mass is 10.2. The summed E-state index contributed by atoms with van der Waals surface area (Å²) in [6.07, 6.45) is 1.92. The van der Waals surface area contributed by atoms with Gasteiger partial charge in [-0.15, -0.1) is 0 Å². The average Bonchev–Trinajstić information content (AvgIpc) is 2.40. The molecule has 1 aromatic carbocycles. The summed E-state index contributed by atoms with van der Waals surface area (Å²) in [5, 5.41) is 4.46. The van der Waals surface area contributed by atoms with Crippen LogP contribution in [0.25, 0.3) is 10.9 Å². The van der Waals surface area contributed by atoms with Gasteiger partial charge in [0.05, 0.1) is 12.1 Å². The third kappa shape index (κ3) is 2.43. The van der Waals surface area contributed by atoms with E-state index in [0.29, 0.717) is 0 Å². The number of hydrogen-bond acceptors (Lipinski definition) is 4. The van der Waals surface area contributed by atoms with Crippen LogP contribution in [-0.4, -0.2) is 41.0 Å². The Bertz CT molecular complexity index is 506. The predicted molar refractivity (Wildman–Crippen MR) is 67.7 cm³/mol. The summed E-state index contributed by atoms with van der Waals surface area (Å²) in [5.74, 6) is 0.922. The minimum absolute atomic E-state index is 0.854. The lowest BCUT2D eigenvalue weighted by Crippen LogP contribution is -2.43. The highest BCUT2D eigenvalue weighted by Gasteiger charge is 2.11. The summed E-state index contributed by atoms with van der Waals surface area (Å²) in [5.41, 5.74) is 1.03. The summed E-state index contributed by atoms with van der Waals surface area (Å²) in [6, 6.07) is 8.12. The Morgan fingerprint density at radius 1 is 1.18 bits per heavy atom. The lowest BCUT2D eigenvalue weighted by molar-refractivity contribution is 0.228. The average molecular weight is 228 g/mol. The van der Waals surface area contributed by atoms with Gasteiger partial charge in [-0.05, 0) is 6.07 Å². The molecular formula is C13H16N4. The quantitative estimate of drug-likeness (QED) is 0.833. The molecule has 17 heavy (non-hydrogen) atoms. The molecule has 0 saturated carbocycles. The van der Waals surface area contributed by atoms with Gasteiger partial charge < -0.3 is 5.32 Å². The SMILES string of the molecule is c1ccc2nc(CN3CCNCC3)ncc2c1. The number of para-hydroxylation sites is 1. The van der Waals surface area contributed by atoms with E-state index < -0.39 is 0 Å². The molecule has 0 radical (unpaired) electrons. The number of nitrogens with one attached hydrogen (secondary N) is 1. The second-order valence-electron chi connectivity index (χ2n) is 4.37. The minimum Gasteiger partial charge on any atom is -0.314 e. The Morgan fingerprint density at radius 2 is 2.00 bits per heavy atom. The van der Waals surface area contributed by atoms with Gasteiger partial charge in [0.15, 0.2) is 0 Å². The van der Waals surface area contributed by atoms with E-state index in [1.165, 1.54) is 0 Å². The van der Waals surface area contributed by atoms with Crippen molar-refractivity contribution in [3.05, 3.63) is 36.3 Å². The number of fused-ring (bicyclic) bond motifs is 1. The van der Waals surface area contributed by atoms with Crippen LogP contribution in [0.3, 0.4) is 0 Å². The molecule has 1 aromatic heterocycles. The molecule has 0 unspecified atom stereocenters. The van der Waals surface area contributed by atoms with Crippen LogP contribution in [0.1, 0.15) is 5.82 Å². The zero-order chi connectivity index (χ0) is 11.5. The molecule has 4 nitrogen and oxygen atoms in total. The zero-order valence-electron chi connectivity index (χ0n) is 9.76. The van der Waals surface area contributed by atoms with Crippen molar-refractivity contribution in [2.24, 2.45) is 0 Å². The maximum atomic E-state index is 4.60. The molecule has 0 amide bonds. The van der Waals surface area contributed by atoms with Crippen molar-refractivity contribution >= 4 is 10.9 Å². The monoisotopic (exact) mass is 228 g/mol. The molecule has 1 N–H and O–H groups in total. The number of rotatable bonds is 2. The molecule has 0 bridgehead atoms. The van der Waals surface area contributed by atoms with Crippen LogP contribution >= 0.6 is 0 Å². The highest BCUT2D eigenvalue weighted by atomic mass is 15.2. The highest BCUT2D eigenvalue weighted by molar-refractivity contribution is 5.77. The first-order chi connectivity index (χ1) is 8.42. The third-order valence-corrected chi connectivity index (χ3v) is 3.11. The normalized spacial score (nSPS) is 17.4. The summed E-state index contributed by atoms with van der Waals surface area (Å²) in [6.45, 7) is 5.14. The van der Waals surface area contributed by atoms with E-state index in [4.69, 9.17) is 0 Å². The van der Waals surface area contributed by atoms with Gasteiger partial charge in [-0.2, -0.15) is 0 Å². The van der Waals surface area contributed by atoms with E-state index in [1.807, 2.05) is 30.5 Å². The number of benzene rings is 1. The van der Waals surface area contributed by atoms with Gasteiger partial charge in [0.2, 0.25) is 0 Å². The summed E-state index contributed by atoms with van der Waals surface area (Å²) in [7, 11) is 0. The Balaban J connectivity index is 1.80. The number of hydrogen-bond donors (Lipinski definition) is 1. The van der Waals surface area contributed by atoms with Crippen molar-refractivity contribution in [2.45, 2.75) is 6.54 Å². The number of aromatic nitrogens is 2. The minimum atomic E-state index is 0.854. The molecule has 0 aliphatic carbocycles. The molecule has 4 heteroatoms. The Kier molecular flexibility index (Phi) is 2.98. The summed E-state index contributed by atoms with van der Waals surface area (Å²) >= 11 is 0. The topological polar surface area (TPSA) is 41.1 Å². The summed E-state index contributed by atoms with van der Waals surface area (Å²) < 4.78 is 0. The first kappa shape index (κ1) is 10.6. The van der Waals surface area contributed by atoms with E-state index in [-0.39, 0.29) is 0 Å². The van der Waals surface area contributed by atoms with Crippen LogP contribution in [-0.2, 0) is 6.54 Å². The molecule has 1 fully saturated rings. The third-order valence-electron chi connectivity index (χ3n) is 3.11. The van der Waals surface area contributed by atoms with Crippen LogP contribution in [0.15, 0.2) is 30.5 Å². The molecule has 0 spiro atoms. The van der Waals surface area contributed by atoms with Crippen LogP contribution in [0, 0.1) is 0 Å². The Morgan fingerprint density at radius 3 is 2.88 bits per heavy atom. The smallest absolute Gasteiger partial charge is 0.142 e. The molecule has 2 aromatic rings. The van der Waals surface area contributed by atoms with Crippen molar-refractivity contribution in [1.29, 1.82) is 0 Å². The Hall–Kier alpha value is -1.52. The summed E-state index contributed by atoms with van der Waals surface area (Å²) in [4.78, 5) is 11.4. The second-order valence-corrected chi connectivity index (χ2v) is 4.37. The fourth-order valence-electron chi connectivity index (χ4n) is 2.16. The maximum Gasteiger partial charge on any atom is 0.142 e. The van der Waals surface area contributed by atoms with E-state index in [9.17, 15) is 0 Å². The number of piperazine rings is 1. The standard InChI is InChI=1S/C13H16N4/c1-2-4-12-11(3-1)9-15-13(16-12)10-17-7-5-14-6-8-17/h1-4,9,14H,5-8,10H2. The van der Waals surface area contributed by atoms with E-state index in [0.717, 1.165) is 49.5 Å². The fourth-order valence-corrected chi connectivity index (χ4v) is 2.16. The largest absolute Gasteiger partial charge is 0.314 e. The first-order valence-electron chi connectivity index (χ1n) is 6.05. The van der Waals surface area contributed by atoms with Gasteiger partial charge >= 0.3 is 0 Å². The van der Waals surface area contributed by atoms with Gasteiger partial charge in [0, 0.05) is 37.8 Å². The van der Waals surface area contributed by atoms with Crippen LogP contribution in [0.5, 0.6) is 0 Å². The van der Waals surface area contributed by atoms with Gasteiger partial charge in [-0.25, -0.2) is 9.97 Å². The van der Waals surface area contributed by atoms with Crippen LogP contribution < -0.4 is 5.32 Å². The fraction of sp³-hybridized carbons (Fsp3) is 0.385. The predicted octanol–water partition coefficient (Wildman–Crippen LogP) is 1.03. The first-order valence-corrected chi connectivity index (χ1v) is 6.05. The van der Waals surface area contributed by atoms with Gasteiger partial charge in [-0.3, -0.25) is 4.90 Å². The van der Waals surface area contributed by atoms with Gasteiger partial charge in [-0.1, -0.05) is 18.2 Å². The molecular weight excluding hydrogens is 212 g/mol. The molecule has 3 rings (SSSR count). The van der Waals surface area contributed by atoms with Crippen molar-refractivity contribution in [3.63, 3.8) is 0 Å². The molecule has 1 saturated heterocycles. The number of nitrogens with zero attached hydrogens (tertiary/aromatic N) is 3. The molecule has 0 atom stereocenters. The van der Waals surface area contributed by atoms with E-state index in [1.54, 1.807) is 0 Å². The van der Waals surface area contributed by atoms with E-state index in [2.05, 4.69) is 20.2 Å². The zero-order valence-corrected chi connectivity index (χ0v) is 9.76. The highest BCUT2D eigenvalue weighted by Crippen LogP contribution is 2.10. The van der Waals surface area contributed by atoms with Gasteiger partial charge in [0.25, 0.3) is 0 Å². The van der Waals surface area contributed by atoms with Crippen LogP contribution in [0.4, 0.5) is 0 Å².